The number of piperidine rings is 1. The number of hydrogen-bond acceptors (Lipinski definition) is 4. The van der Waals surface area contributed by atoms with Gasteiger partial charge in [0, 0.05) is 32.1 Å². The maximum atomic E-state index is 12.6. The Kier molecular flexibility index (Phi) is 6.39. The van der Waals surface area contributed by atoms with Gasteiger partial charge in [-0.25, -0.2) is 9.78 Å². The summed E-state index contributed by atoms with van der Waals surface area (Å²) in [5, 5.41) is 2.92. The molecule has 0 spiro atoms. The fourth-order valence-electron chi connectivity index (χ4n) is 3.15. The van der Waals surface area contributed by atoms with Gasteiger partial charge in [-0.2, -0.15) is 0 Å². The van der Waals surface area contributed by atoms with Gasteiger partial charge in [-0.15, -0.1) is 0 Å². The van der Waals surface area contributed by atoms with Crippen molar-refractivity contribution in [2.75, 3.05) is 18.4 Å². The molecular formula is C22H29N3O3. The summed E-state index contributed by atoms with van der Waals surface area (Å²) in [6.07, 6.45) is 3.39. The molecule has 3 rings (SSSR count). The number of benzene rings is 1. The van der Waals surface area contributed by atoms with Crippen LogP contribution in [0.2, 0.25) is 0 Å². The van der Waals surface area contributed by atoms with Crippen molar-refractivity contribution in [3.05, 3.63) is 47.7 Å². The Morgan fingerprint density at radius 1 is 1.18 bits per heavy atom. The Morgan fingerprint density at radius 3 is 2.61 bits per heavy atom. The van der Waals surface area contributed by atoms with Gasteiger partial charge in [-0.3, -0.25) is 0 Å². The standard InChI is InChI=1S/C22H29N3O3/c1-15(2)27-21-20(6-5-11-23-21)24-22(26)25-12-9-18(10-13-25)28-19-8-7-16(3)17(4)14-19/h5-8,11,14-15,18H,9-10,12-13H2,1-4H3,(H,24,26). The number of pyridine rings is 1. The fraction of sp³-hybridized carbons (Fsp3) is 0.455. The molecule has 1 N–H and O–H groups in total. The van der Waals surface area contributed by atoms with Crippen molar-refractivity contribution in [1.82, 2.24) is 9.88 Å². The van der Waals surface area contributed by atoms with Crippen molar-refractivity contribution < 1.29 is 14.3 Å². The van der Waals surface area contributed by atoms with Crippen LogP contribution in [0, 0.1) is 13.8 Å². The predicted octanol–water partition coefficient (Wildman–Crippen LogP) is 4.56. The smallest absolute Gasteiger partial charge is 0.321 e. The van der Waals surface area contributed by atoms with E-state index in [-0.39, 0.29) is 18.2 Å². The van der Waals surface area contributed by atoms with Crippen LogP contribution in [0.4, 0.5) is 10.5 Å². The van der Waals surface area contributed by atoms with Gasteiger partial charge in [0.1, 0.15) is 17.5 Å². The van der Waals surface area contributed by atoms with Crippen LogP contribution < -0.4 is 14.8 Å². The van der Waals surface area contributed by atoms with Gasteiger partial charge < -0.3 is 19.7 Å². The Balaban J connectivity index is 1.53. The summed E-state index contributed by atoms with van der Waals surface area (Å²) >= 11 is 0. The number of likely N-dealkylation sites (tertiary alicyclic amines) is 1. The zero-order valence-electron chi connectivity index (χ0n) is 17.1. The molecular weight excluding hydrogens is 354 g/mol. The molecule has 1 saturated heterocycles. The Morgan fingerprint density at radius 2 is 1.93 bits per heavy atom. The van der Waals surface area contributed by atoms with Crippen LogP contribution in [0.1, 0.15) is 37.8 Å². The van der Waals surface area contributed by atoms with Gasteiger partial charge in [0.2, 0.25) is 5.88 Å². The molecule has 1 aliphatic heterocycles. The number of aryl methyl sites for hydroxylation is 2. The highest BCUT2D eigenvalue weighted by Crippen LogP contribution is 2.24. The van der Waals surface area contributed by atoms with Crippen molar-refractivity contribution in [2.45, 2.75) is 52.7 Å². The maximum absolute atomic E-state index is 12.6. The van der Waals surface area contributed by atoms with Crippen molar-refractivity contribution in [3.63, 3.8) is 0 Å². The topological polar surface area (TPSA) is 63.7 Å². The summed E-state index contributed by atoms with van der Waals surface area (Å²) in [5.74, 6) is 1.34. The quantitative estimate of drug-likeness (QED) is 0.822. The number of urea groups is 1. The van der Waals surface area contributed by atoms with E-state index >= 15 is 0 Å². The lowest BCUT2D eigenvalue weighted by Crippen LogP contribution is -2.43. The van der Waals surface area contributed by atoms with Gasteiger partial charge in [0.05, 0.1) is 6.10 Å². The zero-order chi connectivity index (χ0) is 20.1. The zero-order valence-corrected chi connectivity index (χ0v) is 17.1. The molecule has 1 aromatic carbocycles. The largest absolute Gasteiger partial charge is 0.490 e. The third kappa shape index (κ3) is 5.15. The lowest BCUT2D eigenvalue weighted by molar-refractivity contribution is 0.115. The predicted molar refractivity (Wildman–Crippen MR) is 110 cm³/mol. The number of rotatable bonds is 5. The minimum atomic E-state index is -0.133. The number of anilines is 1. The molecule has 2 aromatic rings. The third-order valence-corrected chi connectivity index (χ3v) is 4.87. The summed E-state index contributed by atoms with van der Waals surface area (Å²) in [6.45, 7) is 9.35. The second-order valence-corrected chi connectivity index (χ2v) is 7.50. The van der Waals surface area contributed by atoms with E-state index in [0.29, 0.717) is 24.7 Å². The minimum absolute atomic E-state index is 0.0103. The number of ether oxygens (including phenoxy) is 2. The third-order valence-electron chi connectivity index (χ3n) is 4.87. The molecule has 1 aromatic heterocycles. The highest BCUT2D eigenvalue weighted by Gasteiger charge is 2.25. The van der Waals surface area contributed by atoms with Gasteiger partial charge in [-0.1, -0.05) is 6.07 Å². The first kappa shape index (κ1) is 20.0. The maximum Gasteiger partial charge on any atom is 0.321 e. The van der Waals surface area contributed by atoms with Crippen LogP contribution in [0.25, 0.3) is 0 Å². The van der Waals surface area contributed by atoms with Crippen molar-refractivity contribution in [1.29, 1.82) is 0 Å². The lowest BCUT2D eigenvalue weighted by Gasteiger charge is -2.32. The Bertz CT molecular complexity index is 814. The van der Waals surface area contributed by atoms with E-state index in [4.69, 9.17) is 9.47 Å². The molecule has 28 heavy (non-hydrogen) atoms. The molecule has 1 fully saturated rings. The van der Waals surface area contributed by atoms with E-state index in [1.807, 2.05) is 24.8 Å². The number of hydrogen-bond donors (Lipinski definition) is 1. The van der Waals surface area contributed by atoms with E-state index in [9.17, 15) is 4.79 Å². The summed E-state index contributed by atoms with van der Waals surface area (Å²) in [6, 6.07) is 9.63. The highest BCUT2D eigenvalue weighted by molar-refractivity contribution is 5.90. The normalized spacial score (nSPS) is 14.8. The molecule has 0 bridgehead atoms. The van der Waals surface area contributed by atoms with Crippen LogP contribution in [0.5, 0.6) is 11.6 Å². The second-order valence-electron chi connectivity index (χ2n) is 7.50. The minimum Gasteiger partial charge on any atom is -0.490 e. The fourth-order valence-corrected chi connectivity index (χ4v) is 3.15. The van der Waals surface area contributed by atoms with E-state index in [0.717, 1.165) is 18.6 Å². The van der Waals surface area contributed by atoms with Crippen LogP contribution in [-0.2, 0) is 0 Å². The van der Waals surface area contributed by atoms with Crippen LogP contribution in [-0.4, -0.2) is 41.2 Å². The van der Waals surface area contributed by atoms with Crippen molar-refractivity contribution in [3.8, 4) is 11.6 Å². The average molecular weight is 383 g/mol. The SMILES string of the molecule is Cc1ccc(OC2CCN(C(=O)Nc3cccnc3OC(C)C)CC2)cc1C. The number of carbonyl (C=O) groups is 1. The van der Waals surface area contributed by atoms with Crippen molar-refractivity contribution >= 4 is 11.7 Å². The molecule has 0 saturated carbocycles. The van der Waals surface area contributed by atoms with Gasteiger partial charge >= 0.3 is 6.03 Å². The average Bonchev–Trinajstić information content (AvgIpc) is 2.66. The van der Waals surface area contributed by atoms with Gasteiger partial charge in [0.15, 0.2) is 0 Å². The van der Waals surface area contributed by atoms with E-state index in [2.05, 4.69) is 36.3 Å². The molecule has 0 radical (unpaired) electrons. The first-order valence-electron chi connectivity index (χ1n) is 9.84. The van der Waals surface area contributed by atoms with Gasteiger partial charge in [0.25, 0.3) is 0 Å². The lowest BCUT2D eigenvalue weighted by atomic mass is 10.1. The van der Waals surface area contributed by atoms with E-state index in [1.54, 1.807) is 18.3 Å². The van der Waals surface area contributed by atoms with E-state index in [1.165, 1.54) is 11.1 Å². The first-order valence-corrected chi connectivity index (χ1v) is 9.84. The van der Waals surface area contributed by atoms with E-state index < -0.39 is 0 Å². The second kappa shape index (κ2) is 8.95. The van der Waals surface area contributed by atoms with Gasteiger partial charge in [-0.05, 0) is 63.1 Å². The summed E-state index contributed by atoms with van der Waals surface area (Å²) in [5.41, 5.74) is 3.08. The first-order chi connectivity index (χ1) is 13.4. The number of nitrogens with one attached hydrogen (secondary N) is 1. The summed E-state index contributed by atoms with van der Waals surface area (Å²) in [4.78, 5) is 18.7. The molecule has 0 atom stereocenters. The van der Waals surface area contributed by atoms with Crippen LogP contribution in [0.3, 0.4) is 0 Å². The Labute approximate surface area is 166 Å². The summed E-state index contributed by atoms with van der Waals surface area (Å²) in [7, 11) is 0. The molecule has 2 amide bonds. The summed E-state index contributed by atoms with van der Waals surface area (Å²) < 4.78 is 11.8. The number of nitrogens with zero attached hydrogens (tertiary/aromatic N) is 2. The molecule has 2 heterocycles. The molecule has 1 aliphatic rings. The highest BCUT2D eigenvalue weighted by atomic mass is 16.5. The van der Waals surface area contributed by atoms with Crippen LogP contribution in [0.15, 0.2) is 36.5 Å². The molecule has 150 valence electrons. The molecule has 0 aliphatic carbocycles. The molecule has 6 nitrogen and oxygen atoms in total. The molecule has 0 unspecified atom stereocenters. The monoisotopic (exact) mass is 383 g/mol. The van der Waals surface area contributed by atoms with Crippen LogP contribution >= 0.6 is 0 Å². The number of aromatic nitrogens is 1. The number of amides is 2. The molecule has 6 heteroatoms. The number of carbonyl (C=O) groups excluding carboxylic acids is 1. The van der Waals surface area contributed by atoms with Crippen molar-refractivity contribution in [2.24, 2.45) is 0 Å². The Hall–Kier alpha value is -2.76.